The summed E-state index contributed by atoms with van der Waals surface area (Å²) >= 11 is 0. The highest BCUT2D eigenvalue weighted by atomic mass is 19.4. The lowest BCUT2D eigenvalue weighted by Gasteiger charge is -2.42. The van der Waals surface area contributed by atoms with Gasteiger partial charge in [-0.3, -0.25) is 0 Å². The maximum Gasteiger partial charge on any atom is 0.395 e. The Morgan fingerprint density at radius 1 is 0.520 bits per heavy atom. The number of hydrogen-bond donors (Lipinski definition) is 3. The van der Waals surface area contributed by atoms with Crippen LogP contribution < -0.4 is 0 Å². The monoisotopic (exact) mass is 406 g/mol. The fourth-order valence-electron chi connectivity index (χ4n) is 1.50. The molecule has 0 rings (SSSR count). The topological polar surface area (TPSA) is 60.7 Å². The fraction of sp³-hybridized carbons (Fsp3) is 1.00. The molecular formula is C10H10F12O3. The molecule has 0 atom stereocenters. The Hall–Kier alpha value is -0.960. The summed E-state index contributed by atoms with van der Waals surface area (Å²) in [4.78, 5) is 0. The Morgan fingerprint density at radius 3 is 1.08 bits per heavy atom. The van der Waals surface area contributed by atoms with Crippen LogP contribution in [0.4, 0.5) is 52.7 Å². The van der Waals surface area contributed by atoms with Gasteiger partial charge in [-0.15, -0.1) is 0 Å². The molecule has 0 fully saturated rings. The van der Waals surface area contributed by atoms with Crippen LogP contribution >= 0.6 is 0 Å². The van der Waals surface area contributed by atoms with Gasteiger partial charge in [0.15, 0.2) is 0 Å². The summed E-state index contributed by atoms with van der Waals surface area (Å²) in [6, 6.07) is 0. The summed E-state index contributed by atoms with van der Waals surface area (Å²) in [7, 11) is 0. The molecule has 3 N–H and O–H groups in total. The van der Waals surface area contributed by atoms with Crippen LogP contribution in [-0.4, -0.2) is 56.8 Å². The van der Waals surface area contributed by atoms with Gasteiger partial charge in [-0.25, -0.2) is 0 Å². The van der Waals surface area contributed by atoms with Crippen LogP contribution in [0.5, 0.6) is 0 Å². The molecule has 15 heteroatoms. The van der Waals surface area contributed by atoms with Crippen molar-refractivity contribution in [1.82, 2.24) is 0 Å². The van der Waals surface area contributed by atoms with Gasteiger partial charge >= 0.3 is 41.5 Å². The first-order valence-corrected chi connectivity index (χ1v) is 6.00. The highest BCUT2D eigenvalue weighted by molar-refractivity contribution is 5.12. The highest BCUT2D eigenvalue weighted by Gasteiger charge is 2.92. The van der Waals surface area contributed by atoms with Gasteiger partial charge < -0.3 is 15.3 Å². The summed E-state index contributed by atoms with van der Waals surface area (Å²) in [5.41, 5.74) is 0. The van der Waals surface area contributed by atoms with E-state index in [-0.39, 0.29) is 0 Å². The predicted molar refractivity (Wildman–Crippen MR) is 54.0 cm³/mol. The molecule has 0 saturated carbocycles. The van der Waals surface area contributed by atoms with E-state index in [0.717, 1.165) is 0 Å². The Bertz CT molecular complexity index is 482. The summed E-state index contributed by atoms with van der Waals surface area (Å²) in [6.07, 6.45) is -3.21. The molecule has 0 aromatic rings. The van der Waals surface area contributed by atoms with E-state index in [1.807, 2.05) is 0 Å². The third-order valence-electron chi connectivity index (χ3n) is 3.02. The number of rotatable bonds is 8. The summed E-state index contributed by atoms with van der Waals surface area (Å²) in [6.45, 7) is 0.709. The van der Waals surface area contributed by atoms with Crippen LogP contribution in [0.25, 0.3) is 0 Å². The van der Waals surface area contributed by atoms with Gasteiger partial charge in [0.1, 0.15) is 0 Å². The molecule has 3 nitrogen and oxygen atoms in total. The Morgan fingerprint density at radius 2 is 0.800 bits per heavy atom. The third kappa shape index (κ3) is 3.13. The van der Waals surface area contributed by atoms with E-state index in [2.05, 4.69) is 0 Å². The third-order valence-corrected chi connectivity index (χ3v) is 3.02. The van der Waals surface area contributed by atoms with E-state index in [0.29, 0.717) is 6.92 Å². The van der Waals surface area contributed by atoms with E-state index >= 15 is 0 Å². The van der Waals surface area contributed by atoms with Crippen molar-refractivity contribution in [3.63, 3.8) is 0 Å². The maximum absolute atomic E-state index is 13.2. The van der Waals surface area contributed by atoms with Crippen molar-refractivity contribution in [1.29, 1.82) is 0 Å². The minimum Gasteiger partial charge on any atom is -0.339 e. The van der Waals surface area contributed by atoms with Crippen molar-refractivity contribution in [2.45, 2.75) is 61.3 Å². The van der Waals surface area contributed by atoms with E-state index in [1.54, 1.807) is 0 Å². The van der Waals surface area contributed by atoms with Gasteiger partial charge in [0.25, 0.3) is 0 Å². The minimum atomic E-state index is -7.95. The molecule has 0 aliphatic rings. The van der Waals surface area contributed by atoms with Gasteiger partial charge in [0.05, 0.1) is 0 Å². The van der Waals surface area contributed by atoms with E-state index in [1.165, 1.54) is 0 Å². The molecule has 0 aliphatic heterocycles. The number of hydrogen-bond acceptors (Lipinski definition) is 3. The predicted octanol–water partition coefficient (Wildman–Crippen LogP) is 3.23. The first-order chi connectivity index (χ1) is 10.6. The van der Waals surface area contributed by atoms with Crippen LogP contribution in [0.3, 0.4) is 0 Å². The molecule has 0 aliphatic carbocycles. The van der Waals surface area contributed by atoms with Crippen molar-refractivity contribution in [2.75, 3.05) is 0 Å². The second kappa shape index (κ2) is 6.04. The van der Waals surface area contributed by atoms with Crippen LogP contribution in [0.1, 0.15) is 19.8 Å². The van der Waals surface area contributed by atoms with Crippen LogP contribution in [-0.2, 0) is 0 Å². The maximum atomic E-state index is 13.2. The zero-order chi connectivity index (χ0) is 20.9. The van der Waals surface area contributed by atoms with Gasteiger partial charge in [-0.2, -0.15) is 52.7 Å². The SMILES string of the molecule is CCCC(F)(F)C(F)(F)C(F)(F)C(F)(F)C(F)(F)C(F)(F)C(O)(O)O. The average Bonchev–Trinajstić information content (AvgIpc) is 2.35. The molecule has 152 valence electrons. The fourth-order valence-corrected chi connectivity index (χ4v) is 1.50. The lowest BCUT2D eigenvalue weighted by Crippen LogP contribution is -2.74. The van der Waals surface area contributed by atoms with Crippen molar-refractivity contribution >= 4 is 0 Å². The lowest BCUT2D eigenvalue weighted by molar-refractivity contribution is -0.489. The number of aliphatic hydroxyl groups is 3. The molecular weight excluding hydrogens is 396 g/mol. The highest BCUT2D eigenvalue weighted by Crippen LogP contribution is 2.61. The largest absolute Gasteiger partial charge is 0.395 e. The van der Waals surface area contributed by atoms with Crippen molar-refractivity contribution in [2.24, 2.45) is 0 Å². The zero-order valence-electron chi connectivity index (χ0n) is 11.8. The molecule has 0 unspecified atom stereocenters. The number of halogens is 12. The Labute approximate surface area is 130 Å². The standard InChI is InChI=1S/C10H10F12O3/c1-2-3-4(11,12)5(13,14)6(15,16)7(17,18)8(19,20)9(21,22)10(23,24)25/h23-25H,2-3H2,1H3. The van der Waals surface area contributed by atoms with Gasteiger partial charge in [-0.05, 0) is 0 Å². The molecule has 0 saturated heterocycles. The van der Waals surface area contributed by atoms with Crippen molar-refractivity contribution in [3.05, 3.63) is 0 Å². The minimum absolute atomic E-state index is 0.709. The van der Waals surface area contributed by atoms with Crippen molar-refractivity contribution in [3.8, 4) is 0 Å². The van der Waals surface area contributed by atoms with Gasteiger partial charge in [0.2, 0.25) is 0 Å². The Kier molecular flexibility index (Phi) is 5.81. The van der Waals surface area contributed by atoms with E-state index in [9.17, 15) is 52.7 Å². The van der Waals surface area contributed by atoms with Crippen molar-refractivity contribution < 1.29 is 68.0 Å². The quantitative estimate of drug-likeness (QED) is 0.429. The van der Waals surface area contributed by atoms with Crippen LogP contribution in [0, 0.1) is 0 Å². The molecule has 0 bridgehead atoms. The molecule has 0 spiro atoms. The molecule has 0 amide bonds. The first kappa shape index (κ1) is 24.0. The summed E-state index contributed by atoms with van der Waals surface area (Å²) in [5.74, 6) is -50.1. The molecule has 0 aromatic heterocycles. The molecule has 25 heavy (non-hydrogen) atoms. The van der Waals surface area contributed by atoms with Crippen LogP contribution in [0.15, 0.2) is 0 Å². The first-order valence-electron chi connectivity index (χ1n) is 6.00. The zero-order valence-corrected chi connectivity index (χ0v) is 11.8. The van der Waals surface area contributed by atoms with Gasteiger partial charge in [-0.1, -0.05) is 13.3 Å². The average molecular weight is 406 g/mol. The van der Waals surface area contributed by atoms with E-state index < -0.39 is 54.3 Å². The van der Waals surface area contributed by atoms with Crippen LogP contribution in [0.2, 0.25) is 0 Å². The van der Waals surface area contributed by atoms with E-state index in [4.69, 9.17) is 15.3 Å². The number of alkyl halides is 12. The smallest absolute Gasteiger partial charge is 0.339 e. The molecule has 0 heterocycles. The molecule has 0 aromatic carbocycles. The Balaban J connectivity index is 6.40. The summed E-state index contributed by atoms with van der Waals surface area (Å²) < 4.78 is 157. The lowest BCUT2D eigenvalue weighted by atomic mass is 9.89. The second-order valence-corrected chi connectivity index (χ2v) is 4.96. The normalized spacial score (nSPS) is 16.3. The van der Waals surface area contributed by atoms with Gasteiger partial charge in [0, 0.05) is 6.42 Å². The molecule has 0 radical (unpaired) electrons. The second-order valence-electron chi connectivity index (χ2n) is 4.96. The summed E-state index contributed by atoms with van der Waals surface area (Å²) in [5, 5.41) is 23.8.